The van der Waals surface area contributed by atoms with Crippen LogP contribution in [0.25, 0.3) is 10.6 Å². The Morgan fingerprint density at radius 3 is 2.71 bits per heavy atom. The van der Waals surface area contributed by atoms with E-state index in [9.17, 15) is 14.3 Å². The first-order chi connectivity index (χ1) is 11.6. The first-order valence-electron chi connectivity index (χ1n) is 7.35. The summed E-state index contributed by atoms with van der Waals surface area (Å²) in [7, 11) is 0. The first kappa shape index (κ1) is 16.3. The van der Waals surface area contributed by atoms with E-state index in [4.69, 9.17) is 0 Å². The third-order valence-corrected chi connectivity index (χ3v) is 4.28. The van der Waals surface area contributed by atoms with Gasteiger partial charge in [0.25, 0.3) is 0 Å². The number of aromatic nitrogens is 1. The minimum absolute atomic E-state index is 0.141. The van der Waals surface area contributed by atoms with Crippen LogP contribution in [0.1, 0.15) is 18.1 Å². The van der Waals surface area contributed by atoms with E-state index >= 15 is 0 Å². The van der Waals surface area contributed by atoms with Gasteiger partial charge in [0.1, 0.15) is 10.8 Å². The molecule has 24 heavy (non-hydrogen) atoms. The van der Waals surface area contributed by atoms with E-state index in [2.05, 4.69) is 10.3 Å². The SMILES string of the molecule is O=C(CC(O)c1cccc(F)c1)Nc1ccc(-c2nccs2)cc1. The molecule has 2 aromatic carbocycles. The number of carbonyl (C=O) groups excluding carboxylic acids is 1. The van der Waals surface area contributed by atoms with E-state index in [1.807, 2.05) is 17.5 Å². The number of nitrogens with zero attached hydrogens (tertiary/aromatic N) is 1. The van der Waals surface area contributed by atoms with Crippen molar-refractivity contribution in [2.24, 2.45) is 0 Å². The molecule has 1 amide bonds. The Morgan fingerprint density at radius 1 is 1.25 bits per heavy atom. The lowest BCUT2D eigenvalue weighted by molar-refractivity contribution is -0.118. The van der Waals surface area contributed by atoms with Crippen molar-refractivity contribution >= 4 is 22.9 Å². The highest BCUT2D eigenvalue weighted by molar-refractivity contribution is 7.13. The Bertz CT molecular complexity index is 819. The number of thiazole rings is 1. The number of aliphatic hydroxyl groups excluding tert-OH is 1. The van der Waals surface area contributed by atoms with Crippen LogP contribution in [0, 0.1) is 5.82 Å². The molecule has 0 aliphatic carbocycles. The fraction of sp³-hybridized carbons (Fsp3) is 0.111. The van der Waals surface area contributed by atoms with Crippen LogP contribution in [0.4, 0.5) is 10.1 Å². The predicted octanol–water partition coefficient (Wildman–Crippen LogP) is 4.01. The largest absolute Gasteiger partial charge is 0.388 e. The van der Waals surface area contributed by atoms with E-state index < -0.39 is 11.9 Å². The molecule has 0 fully saturated rings. The molecule has 1 heterocycles. The Balaban J connectivity index is 1.60. The smallest absolute Gasteiger partial charge is 0.227 e. The summed E-state index contributed by atoms with van der Waals surface area (Å²) in [5, 5.41) is 15.6. The molecule has 0 bridgehead atoms. The molecule has 3 rings (SSSR count). The normalized spacial score (nSPS) is 11.9. The maximum atomic E-state index is 13.2. The minimum atomic E-state index is -1.05. The lowest BCUT2D eigenvalue weighted by Gasteiger charge is -2.11. The van der Waals surface area contributed by atoms with Crippen LogP contribution >= 0.6 is 11.3 Å². The zero-order valence-corrected chi connectivity index (χ0v) is 13.5. The second-order valence-electron chi connectivity index (χ2n) is 5.24. The van der Waals surface area contributed by atoms with Crippen molar-refractivity contribution in [3.05, 3.63) is 71.5 Å². The number of amides is 1. The number of benzene rings is 2. The molecular formula is C18H15FN2O2S. The summed E-state index contributed by atoms with van der Waals surface area (Å²) in [6.45, 7) is 0. The molecule has 0 aliphatic rings. The van der Waals surface area contributed by atoms with Crippen LogP contribution in [0.5, 0.6) is 0 Å². The van der Waals surface area contributed by atoms with Gasteiger partial charge in [-0.05, 0) is 42.0 Å². The molecule has 122 valence electrons. The van der Waals surface area contributed by atoms with Crippen LogP contribution in [0.3, 0.4) is 0 Å². The monoisotopic (exact) mass is 342 g/mol. The number of anilines is 1. The Morgan fingerprint density at radius 2 is 2.04 bits per heavy atom. The highest BCUT2D eigenvalue weighted by Crippen LogP contribution is 2.24. The standard InChI is InChI=1S/C18H15FN2O2S/c19-14-3-1-2-13(10-14)16(22)11-17(23)21-15-6-4-12(5-7-15)18-20-8-9-24-18/h1-10,16,22H,11H2,(H,21,23). The maximum Gasteiger partial charge on any atom is 0.227 e. The van der Waals surface area contributed by atoms with E-state index in [-0.39, 0.29) is 12.3 Å². The number of hydrogen-bond donors (Lipinski definition) is 2. The van der Waals surface area contributed by atoms with Crippen LogP contribution in [0.15, 0.2) is 60.1 Å². The van der Waals surface area contributed by atoms with Crippen molar-refractivity contribution < 1.29 is 14.3 Å². The number of rotatable bonds is 5. The van der Waals surface area contributed by atoms with Gasteiger partial charge in [-0.3, -0.25) is 4.79 Å². The van der Waals surface area contributed by atoms with Gasteiger partial charge in [-0.2, -0.15) is 0 Å². The highest BCUT2D eigenvalue weighted by Gasteiger charge is 2.14. The van der Waals surface area contributed by atoms with Gasteiger partial charge in [-0.1, -0.05) is 12.1 Å². The number of carbonyl (C=O) groups is 1. The zero-order valence-electron chi connectivity index (χ0n) is 12.6. The van der Waals surface area contributed by atoms with Gasteiger partial charge in [0, 0.05) is 22.8 Å². The van der Waals surface area contributed by atoms with Crippen molar-refractivity contribution in [1.29, 1.82) is 0 Å². The topological polar surface area (TPSA) is 62.2 Å². The fourth-order valence-electron chi connectivity index (χ4n) is 2.28. The molecule has 0 aliphatic heterocycles. The summed E-state index contributed by atoms with van der Waals surface area (Å²) < 4.78 is 13.2. The summed E-state index contributed by atoms with van der Waals surface area (Å²) in [6, 6.07) is 12.9. The molecule has 0 saturated heterocycles. The van der Waals surface area contributed by atoms with Gasteiger partial charge in [-0.15, -0.1) is 11.3 Å². The number of halogens is 1. The van der Waals surface area contributed by atoms with Crippen molar-refractivity contribution in [3.63, 3.8) is 0 Å². The van der Waals surface area contributed by atoms with Gasteiger partial charge >= 0.3 is 0 Å². The maximum absolute atomic E-state index is 13.2. The summed E-state index contributed by atoms with van der Waals surface area (Å²) in [5.74, 6) is -0.779. The average molecular weight is 342 g/mol. The van der Waals surface area contributed by atoms with E-state index in [1.54, 1.807) is 35.7 Å². The summed E-state index contributed by atoms with van der Waals surface area (Å²) in [4.78, 5) is 16.2. The van der Waals surface area contributed by atoms with E-state index in [1.165, 1.54) is 18.2 Å². The van der Waals surface area contributed by atoms with Gasteiger partial charge in [0.2, 0.25) is 5.91 Å². The molecule has 1 aromatic heterocycles. The van der Waals surface area contributed by atoms with E-state index in [0.717, 1.165) is 10.6 Å². The van der Waals surface area contributed by atoms with Crippen molar-refractivity contribution in [1.82, 2.24) is 4.98 Å². The van der Waals surface area contributed by atoms with Crippen molar-refractivity contribution in [2.45, 2.75) is 12.5 Å². The summed E-state index contributed by atoms with van der Waals surface area (Å²) >= 11 is 1.54. The number of hydrogen-bond acceptors (Lipinski definition) is 4. The van der Waals surface area contributed by atoms with Crippen LogP contribution in [0.2, 0.25) is 0 Å². The van der Waals surface area contributed by atoms with Crippen LogP contribution in [-0.4, -0.2) is 16.0 Å². The molecule has 0 saturated carbocycles. The Hall–Kier alpha value is -2.57. The van der Waals surface area contributed by atoms with Gasteiger partial charge in [0.05, 0.1) is 12.5 Å². The third kappa shape index (κ3) is 4.04. The van der Waals surface area contributed by atoms with Crippen LogP contribution in [-0.2, 0) is 4.79 Å². The van der Waals surface area contributed by atoms with Gasteiger partial charge in [-0.25, -0.2) is 9.37 Å². The lowest BCUT2D eigenvalue weighted by atomic mass is 10.1. The molecule has 4 nitrogen and oxygen atoms in total. The molecule has 1 atom stereocenters. The zero-order chi connectivity index (χ0) is 16.9. The minimum Gasteiger partial charge on any atom is -0.388 e. The third-order valence-electron chi connectivity index (χ3n) is 3.46. The fourth-order valence-corrected chi connectivity index (χ4v) is 2.93. The number of nitrogens with one attached hydrogen (secondary N) is 1. The second kappa shape index (κ2) is 7.33. The average Bonchev–Trinajstić information content (AvgIpc) is 3.10. The molecule has 6 heteroatoms. The van der Waals surface area contributed by atoms with E-state index in [0.29, 0.717) is 11.3 Å². The molecular weight excluding hydrogens is 327 g/mol. The van der Waals surface area contributed by atoms with Gasteiger partial charge in [0.15, 0.2) is 0 Å². The predicted molar refractivity (Wildman–Crippen MR) is 92.2 cm³/mol. The summed E-state index contributed by atoms with van der Waals surface area (Å²) in [5.41, 5.74) is 1.99. The molecule has 0 spiro atoms. The quantitative estimate of drug-likeness (QED) is 0.736. The van der Waals surface area contributed by atoms with Crippen molar-refractivity contribution in [2.75, 3.05) is 5.32 Å². The summed E-state index contributed by atoms with van der Waals surface area (Å²) in [6.07, 6.45) is 0.552. The molecule has 1 unspecified atom stereocenters. The van der Waals surface area contributed by atoms with Gasteiger partial charge < -0.3 is 10.4 Å². The van der Waals surface area contributed by atoms with Crippen LogP contribution < -0.4 is 5.32 Å². The van der Waals surface area contributed by atoms with Crippen molar-refractivity contribution in [3.8, 4) is 10.6 Å². The first-order valence-corrected chi connectivity index (χ1v) is 8.23. The Labute approximate surface area is 142 Å². The molecule has 2 N–H and O–H groups in total. The number of aliphatic hydroxyl groups is 1. The second-order valence-corrected chi connectivity index (χ2v) is 6.13. The highest BCUT2D eigenvalue weighted by atomic mass is 32.1. The lowest BCUT2D eigenvalue weighted by Crippen LogP contribution is -2.15. The Kier molecular flexibility index (Phi) is 4.98. The molecule has 3 aromatic rings. The molecule has 0 radical (unpaired) electrons.